The van der Waals surface area contributed by atoms with Crippen molar-refractivity contribution in [3.63, 3.8) is 0 Å². The molecule has 10 atom stereocenters. The molecule has 1 fully saturated rings. The summed E-state index contributed by atoms with van der Waals surface area (Å²) in [5.41, 5.74) is 0. The van der Waals surface area contributed by atoms with Crippen molar-refractivity contribution in [2.24, 2.45) is 0 Å². The highest BCUT2D eigenvalue weighted by Crippen LogP contribution is 2.48. The van der Waals surface area contributed by atoms with Crippen molar-refractivity contribution in [3.05, 3.63) is 0 Å². The average Bonchev–Trinajstić information content (AvgIpc) is 2.39. The lowest BCUT2D eigenvalue weighted by Crippen LogP contribution is -2.66. The number of aliphatic hydroxyl groups excluding tert-OH is 2. The fourth-order valence-electron chi connectivity index (χ4n) is 2.26. The number of hydrogen-bond donors (Lipinski definition) is 10. The summed E-state index contributed by atoms with van der Waals surface area (Å²) >= 11 is 0. The molecule has 200 valence electrons. The Hall–Kier alpha value is 0.200. The highest BCUT2D eigenvalue weighted by atomic mass is 31.2. The van der Waals surface area contributed by atoms with Gasteiger partial charge in [0.15, 0.2) is 0 Å². The van der Waals surface area contributed by atoms with E-state index in [0.717, 1.165) is 0 Å². The van der Waals surface area contributed by atoms with Crippen molar-refractivity contribution in [2.45, 2.75) is 36.6 Å². The molecule has 0 bridgehead atoms. The number of quaternary nitrogens is 4. The fraction of sp³-hybridized carbons (Fsp3) is 1.00. The van der Waals surface area contributed by atoms with E-state index in [9.17, 15) is 48.0 Å². The Balaban J connectivity index is -0.000000980. The SMILES string of the molecule is O=P([O-])(O)O[C@@H]1C(O)[C@H](OP(=O)([O-])O)[C@@H](OP(=O)([O-])O)C(O)[C@H]1OP(=O)([O-])O.[NH4+].[NH4+].[NH4+].[NH4+]. The molecule has 0 spiro atoms. The van der Waals surface area contributed by atoms with Crippen LogP contribution in [-0.4, -0.2) is 66.4 Å². The lowest BCUT2D eigenvalue weighted by Gasteiger charge is -2.48. The second kappa shape index (κ2) is 13.3. The third-order valence-electron chi connectivity index (χ3n) is 3.01. The monoisotopic (exact) mass is 568 g/mol. The van der Waals surface area contributed by atoms with Crippen LogP contribution in [0.3, 0.4) is 0 Å². The molecule has 0 saturated heterocycles. The Kier molecular flexibility index (Phi) is 16.4. The van der Waals surface area contributed by atoms with Gasteiger partial charge in [-0.25, -0.2) is 0 Å². The van der Waals surface area contributed by atoms with Crippen molar-refractivity contribution >= 4 is 31.3 Å². The molecule has 6 unspecified atom stereocenters. The van der Waals surface area contributed by atoms with Crippen LogP contribution in [0.25, 0.3) is 0 Å². The van der Waals surface area contributed by atoms with Gasteiger partial charge in [0.1, 0.15) is 36.6 Å². The van der Waals surface area contributed by atoms with Gasteiger partial charge in [0.05, 0.1) is 0 Å². The normalized spacial score (nSPS) is 34.9. The summed E-state index contributed by atoms with van der Waals surface area (Å²) < 4.78 is 59.1. The van der Waals surface area contributed by atoms with Crippen LogP contribution in [0.4, 0.5) is 0 Å². The standard InChI is InChI=1S/C6H16O18P4.4H3N/c7-1-3(21-25(9,10)11)5(23-27(15,16)17)2(8)6(24-28(18,19)20)4(1)22-26(12,13)14;;;;/h1-8H,(H2,9,10,11)(H2,12,13,14)(H2,15,16,17)(H2,18,19,20);4*1H3/t1?,2?,3-,4+,5-,6+;;;;. The first kappa shape index (κ1) is 39.4. The topological polar surface area (TPSA) is 465 Å². The molecular weight excluding hydrogens is 540 g/mol. The zero-order valence-corrected chi connectivity index (χ0v) is 20.4. The summed E-state index contributed by atoms with van der Waals surface area (Å²) in [4.78, 5) is 78.4. The minimum Gasteiger partial charge on any atom is -0.756 e. The molecule has 1 aliphatic carbocycles. The van der Waals surface area contributed by atoms with E-state index in [1.165, 1.54) is 0 Å². The Labute approximate surface area is 179 Å². The summed E-state index contributed by atoms with van der Waals surface area (Å²) in [6.07, 6.45) is -16.7. The van der Waals surface area contributed by atoms with Crippen LogP contribution in [0.1, 0.15) is 0 Å². The lowest BCUT2D eigenvalue weighted by atomic mass is 9.85. The summed E-state index contributed by atoms with van der Waals surface area (Å²) in [5, 5.41) is 20.0. The van der Waals surface area contributed by atoms with Gasteiger partial charge in [0, 0.05) is 0 Å². The zero-order valence-electron chi connectivity index (χ0n) is 16.8. The van der Waals surface area contributed by atoms with Gasteiger partial charge < -0.3 is 92.1 Å². The van der Waals surface area contributed by atoms with Crippen LogP contribution in [0.15, 0.2) is 0 Å². The minimum absolute atomic E-state index is 0. The Morgan fingerprint density at radius 1 is 0.469 bits per heavy atom. The van der Waals surface area contributed by atoms with E-state index in [1.54, 1.807) is 0 Å². The van der Waals surface area contributed by atoms with E-state index >= 15 is 0 Å². The average molecular weight is 568 g/mol. The van der Waals surface area contributed by atoms with Gasteiger partial charge in [-0.15, -0.1) is 0 Å². The van der Waals surface area contributed by atoms with Gasteiger partial charge in [-0.1, -0.05) is 0 Å². The number of phosphoric ester groups is 4. The van der Waals surface area contributed by atoms with Crippen LogP contribution < -0.4 is 44.2 Å². The van der Waals surface area contributed by atoms with Gasteiger partial charge in [0.2, 0.25) is 0 Å². The molecule has 22 N–H and O–H groups in total. The molecule has 1 aliphatic rings. The molecule has 0 aromatic carbocycles. The maximum absolute atomic E-state index is 10.9. The van der Waals surface area contributed by atoms with Crippen LogP contribution >= 0.6 is 31.3 Å². The van der Waals surface area contributed by atoms with Gasteiger partial charge in [-0.05, 0) is 0 Å². The predicted molar refractivity (Wildman–Crippen MR) is 94.7 cm³/mol. The molecule has 1 rings (SSSR count). The molecule has 0 amide bonds. The quantitative estimate of drug-likeness (QED) is 0.123. The predicted octanol–water partition coefficient (Wildman–Crippen LogP) is -4.39. The van der Waals surface area contributed by atoms with Crippen molar-refractivity contribution < 1.29 is 85.7 Å². The number of phosphoric acid groups is 4. The van der Waals surface area contributed by atoms with E-state index in [-0.39, 0.29) is 24.6 Å². The van der Waals surface area contributed by atoms with Crippen molar-refractivity contribution in [1.82, 2.24) is 24.6 Å². The first-order chi connectivity index (χ1) is 12.2. The van der Waals surface area contributed by atoms with Gasteiger partial charge in [-0.2, -0.15) is 0 Å². The Bertz CT molecular complexity index is 622. The van der Waals surface area contributed by atoms with E-state index < -0.39 is 67.9 Å². The second-order valence-electron chi connectivity index (χ2n) is 5.14. The number of hydrogen-bond acceptors (Lipinski definition) is 14. The maximum Gasteiger partial charge on any atom is 0.265 e. The van der Waals surface area contributed by atoms with Crippen molar-refractivity contribution in [3.8, 4) is 0 Å². The Morgan fingerprint density at radius 2 is 0.594 bits per heavy atom. The van der Waals surface area contributed by atoms with Crippen molar-refractivity contribution in [2.75, 3.05) is 0 Å². The zero-order chi connectivity index (χ0) is 22.3. The smallest absolute Gasteiger partial charge is 0.265 e. The largest absolute Gasteiger partial charge is 0.756 e. The van der Waals surface area contributed by atoms with Gasteiger partial charge in [-0.3, -0.25) is 18.3 Å². The van der Waals surface area contributed by atoms with Crippen LogP contribution in [-0.2, 0) is 36.4 Å². The molecule has 0 heterocycles. The van der Waals surface area contributed by atoms with E-state index in [2.05, 4.69) is 18.1 Å². The van der Waals surface area contributed by atoms with Gasteiger partial charge in [0.25, 0.3) is 31.3 Å². The van der Waals surface area contributed by atoms with E-state index in [0.29, 0.717) is 0 Å². The highest BCUT2D eigenvalue weighted by Gasteiger charge is 2.56. The van der Waals surface area contributed by atoms with Crippen molar-refractivity contribution in [1.29, 1.82) is 0 Å². The summed E-state index contributed by atoms with van der Waals surface area (Å²) in [6, 6.07) is 0. The summed E-state index contributed by atoms with van der Waals surface area (Å²) in [7, 11) is -23.5. The molecule has 22 nitrogen and oxygen atoms in total. The summed E-state index contributed by atoms with van der Waals surface area (Å²) in [6.45, 7) is 0. The van der Waals surface area contributed by atoms with E-state index in [4.69, 9.17) is 19.6 Å². The molecule has 0 radical (unpaired) electrons. The fourth-order valence-corrected chi connectivity index (χ4v) is 4.47. The molecule has 26 heteroatoms. The van der Waals surface area contributed by atoms with Crippen LogP contribution in [0.2, 0.25) is 0 Å². The maximum atomic E-state index is 10.9. The van der Waals surface area contributed by atoms with Gasteiger partial charge >= 0.3 is 0 Å². The van der Waals surface area contributed by atoms with Crippen LogP contribution in [0.5, 0.6) is 0 Å². The first-order valence-corrected chi connectivity index (χ1v) is 12.4. The number of aliphatic hydroxyl groups is 2. The van der Waals surface area contributed by atoms with Crippen LogP contribution in [0, 0.1) is 0 Å². The Morgan fingerprint density at radius 3 is 0.688 bits per heavy atom. The third kappa shape index (κ3) is 13.2. The minimum atomic E-state index is -5.89. The second-order valence-corrected chi connectivity index (χ2v) is 9.73. The lowest BCUT2D eigenvalue weighted by molar-refractivity contribution is -0.285. The summed E-state index contributed by atoms with van der Waals surface area (Å²) in [5.74, 6) is 0. The molecule has 0 aliphatic heterocycles. The first-order valence-electron chi connectivity index (χ1n) is 6.45. The molecule has 32 heavy (non-hydrogen) atoms. The third-order valence-corrected chi connectivity index (χ3v) is 5.05. The molecule has 0 aromatic heterocycles. The highest BCUT2D eigenvalue weighted by molar-refractivity contribution is 7.45. The molecule has 1 saturated carbocycles. The molecular formula is C6H28N4O18P4. The molecule has 0 aromatic rings. The number of rotatable bonds is 8. The van der Waals surface area contributed by atoms with E-state index in [1.807, 2.05) is 0 Å².